The van der Waals surface area contributed by atoms with Crippen LogP contribution in [0.2, 0.25) is 0 Å². The van der Waals surface area contributed by atoms with Crippen LogP contribution in [0, 0.1) is 5.92 Å². The Morgan fingerprint density at radius 3 is 1.81 bits per heavy atom. The smallest absolute Gasteiger partial charge is 0.254 e. The lowest BCUT2D eigenvalue weighted by Crippen LogP contribution is -2.42. The molecule has 0 atom stereocenters. The van der Waals surface area contributed by atoms with Crippen LogP contribution in [0.15, 0.2) is 24.3 Å². The Hall–Kier alpha value is -1.92. The monoisotopic (exact) mass is 358 g/mol. The van der Waals surface area contributed by atoms with Crippen LogP contribution in [0.25, 0.3) is 0 Å². The Morgan fingerprint density at radius 2 is 1.35 bits per heavy atom. The van der Waals surface area contributed by atoms with Gasteiger partial charge in [0.1, 0.15) is 0 Å². The van der Waals surface area contributed by atoms with Crippen molar-refractivity contribution in [1.29, 1.82) is 0 Å². The lowest BCUT2D eigenvalue weighted by molar-refractivity contribution is 0.0302. The van der Waals surface area contributed by atoms with Crippen LogP contribution >= 0.6 is 0 Å². The van der Waals surface area contributed by atoms with Gasteiger partial charge in [-0.25, -0.2) is 0 Å². The van der Waals surface area contributed by atoms with Crippen molar-refractivity contribution in [1.82, 2.24) is 9.80 Å². The number of morpholine rings is 1. The highest BCUT2D eigenvalue weighted by atomic mass is 16.5. The lowest BCUT2D eigenvalue weighted by atomic mass is 9.89. The molecule has 3 fully saturated rings. The summed E-state index contributed by atoms with van der Waals surface area (Å²) in [5.41, 5.74) is 0.779. The highest BCUT2D eigenvalue weighted by Crippen LogP contribution is 2.46. The molecule has 1 saturated carbocycles. The van der Waals surface area contributed by atoms with E-state index >= 15 is 0 Å². The Morgan fingerprint density at radius 1 is 0.885 bits per heavy atom. The third kappa shape index (κ3) is 3.48. The van der Waals surface area contributed by atoms with Crippen LogP contribution < -0.4 is 0 Å². The van der Waals surface area contributed by atoms with Crippen LogP contribution in [0.3, 0.4) is 0 Å². The molecule has 0 bridgehead atoms. The van der Waals surface area contributed by atoms with E-state index in [9.17, 15) is 14.7 Å². The van der Waals surface area contributed by atoms with Crippen molar-refractivity contribution in [3.05, 3.63) is 35.4 Å². The second-order valence-electron chi connectivity index (χ2n) is 7.65. The number of likely N-dealkylation sites (tertiary alicyclic amines) is 1. The summed E-state index contributed by atoms with van der Waals surface area (Å²) < 4.78 is 5.28. The number of carbonyl (C=O) groups excluding carboxylic acids is 2. The first kappa shape index (κ1) is 17.5. The molecule has 1 N–H and O–H groups in total. The van der Waals surface area contributed by atoms with Gasteiger partial charge in [0, 0.05) is 37.3 Å². The van der Waals surface area contributed by atoms with Crippen molar-refractivity contribution in [2.24, 2.45) is 5.92 Å². The first-order chi connectivity index (χ1) is 12.6. The van der Waals surface area contributed by atoms with E-state index < -0.39 is 5.60 Å². The number of nitrogens with zero attached hydrogens (tertiary/aromatic N) is 2. The molecule has 1 aliphatic carbocycles. The maximum absolute atomic E-state index is 12.7. The fraction of sp³-hybridized carbons (Fsp3) is 0.600. The minimum atomic E-state index is -0.448. The van der Waals surface area contributed by atoms with Gasteiger partial charge in [-0.2, -0.15) is 0 Å². The van der Waals surface area contributed by atoms with E-state index in [0.717, 1.165) is 25.7 Å². The first-order valence-corrected chi connectivity index (χ1v) is 9.55. The van der Waals surface area contributed by atoms with Gasteiger partial charge in [0.05, 0.1) is 18.8 Å². The van der Waals surface area contributed by atoms with Gasteiger partial charge in [-0.1, -0.05) is 0 Å². The number of benzene rings is 1. The molecule has 26 heavy (non-hydrogen) atoms. The normalized spacial score (nSPS) is 23.0. The standard InChI is InChI=1S/C20H26N2O4/c23-18(21-9-5-17(6-10-21)20(25)7-8-20)15-1-3-16(4-2-15)19(24)22-11-13-26-14-12-22/h1-4,17,25H,5-14H2. The molecule has 0 radical (unpaired) electrons. The zero-order valence-corrected chi connectivity index (χ0v) is 15.0. The van der Waals surface area contributed by atoms with E-state index in [2.05, 4.69) is 0 Å². The fourth-order valence-electron chi connectivity index (χ4n) is 4.04. The number of piperidine rings is 1. The molecule has 1 aromatic carbocycles. The predicted molar refractivity (Wildman–Crippen MR) is 96.0 cm³/mol. The van der Waals surface area contributed by atoms with Crippen LogP contribution in [-0.2, 0) is 4.74 Å². The minimum absolute atomic E-state index is 0.00853. The number of carbonyl (C=O) groups is 2. The Bertz CT molecular complexity index is 670. The Labute approximate surface area is 153 Å². The molecule has 0 spiro atoms. The van der Waals surface area contributed by atoms with Gasteiger partial charge in [-0.15, -0.1) is 0 Å². The van der Waals surface area contributed by atoms with Gasteiger partial charge in [0.25, 0.3) is 11.8 Å². The molecule has 0 aromatic heterocycles. The van der Waals surface area contributed by atoms with Crippen LogP contribution in [-0.4, -0.2) is 71.7 Å². The zero-order valence-electron chi connectivity index (χ0n) is 15.0. The molecule has 2 heterocycles. The number of hydrogen-bond donors (Lipinski definition) is 1. The Balaban J connectivity index is 1.36. The summed E-state index contributed by atoms with van der Waals surface area (Å²) in [6, 6.07) is 6.97. The summed E-state index contributed by atoms with van der Waals surface area (Å²) in [6.07, 6.45) is 3.56. The summed E-state index contributed by atoms with van der Waals surface area (Å²) in [5.74, 6) is 0.336. The second kappa shape index (κ2) is 7.00. The SMILES string of the molecule is O=C(c1ccc(C(=O)N2CCC(C3(O)CC3)CC2)cc1)N1CCOCC1. The molecule has 4 rings (SSSR count). The number of amides is 2. The van der Waals surface area contributed by atoms with E-state index in [1.807, 2.05) is 4.90 Å². The molecule has 2 aliphatic heterocycles. The van der Waals surface area contributed by atoms with Crippen molar-refractivity contribution < 1.29 is 19.4 Å². The molecule has 3 aliphatic rings. The molecule has 6 nitrogen and oxygen atoms in total. The lowest BCUT2D eigenvalue weighted by Gasteiger charge is -2.34. The molecule has 2 amide bonds. The van der Waals surface area contributed by atoms with Crippen LogP contribution in [0.4, 0.5) is 0 Å². The van der Waals surface area contributed by atoms with Gasteiger partial charge in [-0.3, -0.25) is 9.59 Å². The van der Waals surface area contributed by atoms with E-state index in [1.54, 1.807) is 29.2 Å². The van der Waals surface area contributed by atoms with E-state index in [4.69, 9.17) is 4.74 Å². The molecular formula is C20H26N2O4. The molecule has 2 saturated heterocycles. The van der Waals surface area contributed by atoms with E-state index in [-0.39, 0.29) is 11.8 Å². The number of rotatable bonds is 3. The van der Waals surface area contributed by atoms with E-state index in [0.29, 0.717) is 56.4 Å². The minimum Gasteiger partial charge on any atom is -0.390 e. The third-order valence-electron chi connectivity index (χ3n) is 5.98. The highest BCUT2D eigenvalue weighted by Gasteiger charge is 2.48. The number of aliphatic hydroxyl groups is 1. The molecule has 6 heteroatoms. The van der Waals surface area contributed by atoms with Crippen LogP contribution in [0.1, 0.15) is 46.4 Å². The van der Waals surface area contributed by atoms with Crippen molar-refractivity contribution in [2.75, 3.05) is 39.4 Å². The van der Waals surface area contributed by atoms with Crippen molar-refractivity contribution in [3.8, 4) is 0 Å². The summed E-state index contributed by atoms with van der Waals surface area (Å²) in [4.78, 5) is 28.8. The highest BCUT2D eigenvalue weighted by molar-refractivity contribution is 5.97. The quantitative estimate of drug-likeness (QED) is 0.890. The zero-order chi connectivity index (χ0) is 18.1. The molecule has 0 unspecified atom stereocenters. The molecule has 140 valence electrons. The predicted octanol–water partition coefficient (Wildman–Crippen LogP) is 1.54. The number of hydrogen-bond acceptors (Lipinski definition) is 4. The average molecular weight is 358 g/mol. The van der Waals surface area contributed by atoms with Crippen molar-refractivity contribution >= 4 is 11.8 Å². The molecule has 1 aromatic rings. The second-order valence-corrected chi connectivity index (χ2v) is 7.65. The average Bonchev–Trinajstić information content (AvgIpc) is 3.46. The Kier molecular flexibility index (Phi) is 4.71. The van der Waals surface area contributed by atoms with Gasteiger partial charge in [-0.05, 0) is 55.9 Å². The maximum atomic E-state index is 12.7. The number of ether oxygens (including phenoxy) is 1. The van der Waals surface area contributed by atoms with Gasteiger partial charge < -0.3 is 19.6 Å². The topological polar surface area (TPSA) is 70.1 Å². The summed E-state index contributed by atoms with van der Waals surface area (Å²) in [7, 11) is 0. The fourth-order valence-corrected chi connectivity index (χ4v) is 4.04. The van der Waals surface area contributed by atoms with Crippen molar-refractivity contribution in [2.45, 2.75) is 31.3 Å². The largest absolute Gasteiger partial charge is 0.390 e. The van der Waals surface area contributed by atoms with Gasteiger partial charge >= 0.3 is 0 Å². The summed E-state index contributed by atoms with van der Waals surface area (Å²) >= 11 is 0. The summed E-state index contributed by atoms with van der Waals surface area (Å²) in [5, 5.41) is 10.2. The van der Waals surface area contributed by atoms with Crippen molar-refractivity contribution in [3.63, 3.8) is 0 Å². The van der Waals surface area contributed by atoms with E-state index in [1.165, 1.54) is 0 Å². The first-order valence-electron chi connectivity index (χ1n) is 9.55. The van der Waals surface area contributed by atoms with Crippen LogP contribution in [0.5, 0.6) is 0 Å². The molecular weight excluding hydrogens is 332 g/mol. The maximum Gasteiger partial charge on any atom is 0.254 e. The van der Waals surface area contributed by atoms with Gasteiger partial charge in [0.15, 0.2) is 0 Å². The van der Waals surface area contributed by atoms with Gasteiger partial charge in [0.2, 0.25) is 0 Å². The summed E-state index contributed by atoms with van der Waals surface area (Å²) in [6.45, 7) is 3.77. The third-order valence-corrected chi connectivity index (χ3v) is 5.98.